The first-order valence-corrected chi connectivity index (χ1v) is 11.7. The summed E-state index contributed by atoms with van der Waals surface area (Å²) in [4.78, 5) is 28.1. The maximum absolute atomic E-state index is 12.9. The number of aromatic nitrogens is 3. The number of aryl methyl sites for hydroxylation is 1. The van der Waals surface area contributed by atoms with Crippen molar-refractivity contribution in [1.29, 1.82) is 0 Å². The Hall–Kier alpha value is -2.22. The lowest BCUT2D eigenvalue weighted by atomic mass is 9.50. The summed E-state index contributed by atoms with van der Waals surface area (Å²) in [6.07, 6.45) is 7.82. The first-order valence-electron chi connectivity index (χ1n) is 10.9. The van der Waals surface area contributed by atoms with E-state index in [2.05, 4.69) is 20.5 Å². The van der Waals surface area contributed by atoms with Gasteiger partial charge in [-0.1, -0.05) is 11.3 Å². The molecular weight excluding hydrogens is 400 g/mol. The van der Waals surface area contributed by atoms with Crippen LogP contribution >= 0.6 is 11.3 Å². The zero-order valence-electron chi connectivity index (χ0n) is 17.7. The van der Waals surface area contributed by atoms with Gasteiger partial charge in [0.2, 0.25) is 5.13 Å². The van der Waals surface area contributed by atoms with E-state index in [1.54, 1.807) is 20.8 Å². The van der Waals surface area contributed by atoms with Gasteiger partial charge in [-0.2, -0.15) is 0 Å². The van der Waals surface area contributed by atoms with Crippen LogP contribution in [0.15, 0.2) is 0 Å². The fourth-order valence-electron chi connectivity index (χ4n) is 6.51. The number of ether oxygens (including phenoxy) is 1. The van der Waals surface area contributed by atoms with Crippen LogP contribution in [0.4, 0.5) is 5.13 Å². The molecule has 0 saturated heterocycles. The third-order valence-electron chi connectivity index (χ3n) is 7.28. The number of carbonyl (C=O) groups excluding carboxylic acids is 2. The van der Waals surface area contributed by atoms with Crippen LogP contribution in [0, 0.1) is 31.6 Å². The van der Waals surface area contributed by atoms with E-state index in [4.69, 9.17) is 4.74 Å². The highest BCUT2D eigenvalue weighted by Crippen LogP contribution is 2.61. The number of anilines is 1. The van der Waals surface area contributed by atoms with Crippen molar-refractivity contribution < 1.29 is 14.3 Å². The molecule has 6 rings (SSSR count). The summed E-state index contributed by atoms with van der Waals surface area (Å²) in [6.45, 7) is 5.58. The number of rotatable bonds is 5. The van der Waals surface area contributed by atoms with Crippen LogP contribution in [0.1, 0.15) is 82.6 Å². The molecule has 2 aromatic heterocycles. The van der Waals surface area contributed by atoms with Crippen LogP contribution in [0.25, 0.3) is 0 Å². The highest BCUT2D eigenvalue weighted by Gasteiger charge is 2.53. The van der Waals surface area contributed by atoms with E-state index in [0.29, 0.717) is 34.3 Å². The molecule has 2 aromatic rings. The van der Waals surface area contributed by atoms with Gasteiger partial charge in [-0.15, -0.1) is 10.2 Å². The van der Waals surface area contributed by atoms with E-state index in [9.17, 15) is 9.59 Å². The number of hydrogen-bond donors (Lipinski definition) is 2. The molecule has 30 heavy (non-hydrogen) atoms. The van der Waals surface area contributed by atoms with Crippen LogP contribution in [0.3, 0.4) is 0 Å². The van der Waals surface area contributed by atoms with Crippen molar-refractivity contribution in [2.24, 2.45) is 17.8 Å². The summed E-state index contributed by atoms with van der Waals surface area (Å²) < 4.78 is 5.11. The molecule has 4 fully saturated rings. The van der Waals surface area contributed by atoms with E-state index in [1.807, 2.05) is 0 Å². The highest BCUT2D eigenvalue weighted by molar-refractivity contribution is 7.15. The molecule has 2 N–H and O–H groups in total. The van der Waals surface area contributed by atoms with E-state index >= 15 is 0 Å². The molecule has 4 bridgehead atoms. The smallest absolute Gasteiger partial charge is 0.340 e. The fourth-order valence-corrected chi connectivity index (χ4v) is 7.46. The summed E-state index contributed by atoms with van der Waals surface area (Å²) in [5, 5.41) is 13.3. The summed E-state index contributed by atoms with van der Waals surface area (Å²) in [5.41, 5.74) is 2.18. The molecule has 0 radical (unpaired) electrons. The van der Waals surface area contributed by atoms with E-state index in [0.717, 1.165) is 22.8 Å². The van der Waals surface area contributed by atoms with Gasteiger partial charge in [0.15, 0.2) is 0 Å². The molecule has 0 unspecified atom stereocenters. The second kappa shape index (κ2) is 7.18. The summed E-state index contributed by atoms with van der Waals surface area (Å²) in [5.74, 6) is 1.79. The molecule has 0 aliphatic heterocycles. The van der Waals surface area contributed by atoms with Gasteiger partial charge in [-0.3, -0.25) is 10.1 Å². The van der Waals surface area contributed by atoms with Gasteiger partial charge < -0.3 is 9.72 Å². The van der Waals surface area contributed by atoms with Crippen molar-refractivity contribution in [3.05, 3.63) is 27.5 Å². The third-order valence-corrected chi connectivity index (χ3v) is 8.37. The van der Waals surface area contributed by atoms with Crippen molar-refractivity contribution in [2.45, 2.75) is 64.7 Å². The second-order valence-electron chi connectivity index (χ2n) is 9.41. The number of hydrogen-bond acceptors (Lipinski definition) is 6. The van der Waals surface area contributed by atoms with Gasteiger partial charge >= 0.3 is 5.97 Å². The van der Waals surface area contributed by atoms with E-state index in [-0.39, 0.29) is 11.3 Å². The Morgan fingerprint density at radius 1 is 1.13 bits per heavy atom. The Labute approximate surface area is 180 Å². The van der Waals surface area contributed by atoms with Crippen LogP contribution in [-0.2, 0) is 10.2 Å². The maximum atomic E-state index is 12.9. The van der Waals surface area contributed by atoms with Crippen LogP contribution < -0.4 is 5.32 Å². The predicted molar refractivity (Wildman–Crippen MR) is 114 cm³/mol. The number of nitrogens with one attached hydrogen (secondary N) is 2. The van der Waals surface area contributed by atoms with Crippen molar-refractivity contribution in [3.8, 4) is 0 Å². The first kappa shape index (κ1) is 19.7. The molecule has 0 atom stereocenters. The minimum Gasteiger partial charge on any atom is -0.462 e. The zero-order valence-corrected chi connectivity index (χ0v) is 18.5. The van der Waals surface area contributed by atoms with E-state index in [1.165, 1.54) is 49.9 Å². The monoisotopic (exact) mass is 428 g/mol. The van der Waals surface area contributed by atoms with Gasteiger partial charge in [-0.25, -0.2) is 4.79 Å². The Morgan fingerprint density at radius 2 is 1.77 bits per heavy atom. The normalized spacial score (nSPS) is 29.2. The molecule has 0 spiro atoms. The van der Waals surface area contributed by atoms with Crippen molar-refractivity contribution in [3.63, 3.8) is 0 Å². The number of amides is 1. The molecule has 4 aliphatic rings. The van der Waals surface area contributed by atoms with Gasteiger partial charge in [-0.05, 0) is 82.6 Å². The molecule has 160 valence electrons. The number of nitrogens with zero attached hydrogens (tertiary/aromatic N) is 2. The average Bonchev–Trinajstić information content (AvgIpc) is 3.25. The average molecular weight is 429 g/mol. The standard InChI is InChI=1S/C22H28N4O3S/c1-4-29-19(28)16-11(2)17(23-12(16)3)18(27)24-21-26-25-20(30-21)22-8-13-5-14(9-22)7-15(6-13)10-22/h13-15,23H,4-10H2,1-3H3,(H,24,26,27). The molecule has 4 saturated carbocycles. The van der Waals surface area contributed by atoms with Crippen LogP contribution in [-0.4, -0.2) is 33.7 Å². The molecule has 7 nitrogen and oxygen atoms in total. The van der Waals surface area contributed by atoms with Crippen molar-refractivity contribution >= 4 is 28.3 Å². The third kappa shape index (κ3) is 3.16. The number of carbonyl (C=O) groups is 2. The second-order valence-corrected chi connectivity index (χ2v) is 10.4. The topological polar surface area (TPSA) is 97.0 Å². The van der Waals surface area contributed by atoms with Gasteiger partial charge in [0.05, 0.1) is 12.2 Å². The highest BCUT2D eigenvalue weighted by atomic mass is 32.1. The lowest BCUT2D eigenvalue weighted by molar-refractivity contribution is -0.00556. The van der Waals surface area contributed by atoms with Crippen molar-refractivity contribution in [2.75, 3.05) is 11.9 Å². The number of H-pyrrole nitrogens is 1. The minimum absolute atomic E-state index is 0.172. The van der Waals surface area contributed by atoms with Crippen LogP contribution in [0.5, 0.6) is 0 Å². The van der Waals surface area contributed by atoms with E-state index < -0.39 is 5.97 Å². The Balaban J connectivity index is 1.35. The summed E-state index contributed by atoms with van der Waals surface area (Å²) in [6, 6.07) is 0. The first-order chi connectivity index (χ1) is 14.4. The molecule has 8 heteroatoms. The van der Waals surface area contributed by atoms with Crippen LogP contribution in [0.2, 0.25) is 0 Å². The fraction of sp³-hybridized carbons (Fsp3) is 0.636. The predicted octanol–water partition coefficient (Wildman–Crippen LogP) is 4.38. The molecule has 4 aliphatic carbocycles. The quantitative estimate of drug-likeness (QED) is 0.689. The maximum Gasteiger partial charge on any atom is 0.340 e. The van der Waals surface area contributed by atoms with Gasteiger partial charge in [0, 0.05) is 11.1 Å². The zero-order chi connectivity index (χ0) is 21.0. The SMILES string of the molecule is CCOC(=O)c1c(C)[nH]c(C(=O)Nc2nnc(C34CC5CC(CC(C5)C3)C4)s2)c1C. The molecule has 1 amide bonds. The largest absolute Gasteiger partial charge is 0.462 e. The molecule has 0 aromatic carbocycles. The number of aromatic amines is 1. The van der Waals surface area contributed by atoms with Crippen molar-refractivity contribution in [1.82, 2.24) is 15.2 Å². The van der Waals surface area contributed by atoms with Gasteiger partial charge in [0.25, 0.3) is 5.91 Å². The summed E-state index contributed by atoms with van der Waals surface area (Å²) in [7, 11) is 0. The molecule has 2 heterocycles. The number of esters is 1. The summed E-state index contributed by atoms with van der Waals surface area (Å²) >= 11 is 1.52. The minimum atomic E-state index is -0.414. The Morgan fingerprint density at radius 3 is 2.37 bits per heavy atom. The lowest BCUT2D eigenvalue weighted by Crippen LogP contribution is -2.48. The Kier molecular flexibility index (Phi) is 4.72. The Bertz CT molecular complexity index is 973. The molecular formula is C22H28N4O3S. The van der Waals surface area contributed by atoms with Gasteiger partial charge in [0.1, 0.15) is 10.7 Å². The lowest BCUT2D eigenvalue weighted by Gasteiger charge is -2.55.